The van der Waals surface area contributed by atoms with Crippen molar-refractivity contribution in [1.29, 1.82) is 0 Å². The summed E-state index contributed by atoms with van der Waals surface area (Å²) in [7, 11) is 0. The molecule has 0 bridgehead atoms. The normalized spacial score (nSPS) is 20.7. The largest absolute Gasteiger partial charge is 0.315 e. The molecule has 1 aromatic rings. The summed E-state index contributed by atoms with van der Waals surface area (Å²) in [5.41, 5.74) is 1.05. The Morgan fingerprint density at radius 2 is 2.40 bits per heavy atom. The molecular formula is C10H16N4S. The lowest BCUT2D eigenvalue weighted by atomic mass is 10.2. The quantitative estimate of drug-likeness (QED) is 0.735. The summed E-state index contributed by atoms with van der Waals surface area (Å²) in [6.07, 6.45) is 6.73. The van der Waals surface area contributed by atoms with Crippen LogP contribution in [0.3, 0.4) is 0 Å². The average Bonchev–Trinajstić information content (AvgIpc) is 2.79. The van der Waals surface area contributed by atoms with E-state index in [0.717, 1.165) is 30.4 Å². The molecule has 2 heterocycles. The van der Waals surface area contributed by atoms with E-state index in [2.05, 4.69) is 20.6 Å². The van der Waals surface area contributed by atoms with E-state index < -0.39 is 0 Å². The van der Waals surface area contributed by atoms with E-state index in [0.29, 0.717) is 6.04 Å². The van der Waals surface area contributed by atoms with Crippen LogP contribution in [0.4, 0.5) is 0 Å². The van der Waals surface area contributed by atoms with Crippen molar-refractivity contribution in [1.82, 2.24) is 20.6 Å². The molecule has 0 saturated carbocycles. The minimum Gasteiger partial charge on any atom is -0.315 e. The lowest BCUT2D eigenvalue weighted by molar-refractivity contribution is 0.535. The first-order chi connectivity index (χ1) is 7.40. The van der Waals surface area contributed by atoms with Gasteiger partial charge in [0.1, 0.15) is 5.03 Å². The first kappa shape index (κ1) is 10.9. The highest BCUT2D eigenvalue weighted by Crippen LogP contribution is 2.14. The number of nitrogens with one attached hydrogen (secondary N) is 2. The Kier molecular flexibility index (Phi) is 3.94. The lowest BCUT2D eigenvalue weighted by Crippen LogP contribution is -2.30. The Morgan fingerprint density at radius 1 is 1.53 bits per heavy atom. The summed E-state index contributed by atoms with van der Waals surface area (Å²) in [6, 6.07) is 0.585. The van der Waals surface area contributed by atoms with Crippen LogP contribution in [0.25, 0.3) is 0 Å². The van der Waals surface area contributed by atoms with Crippen molar-refractivity contribution >= 4 is 11.8 Å². The zero-order chi connectivity index (χ0) is 10.5. The van der Waals surface area contributed by atoms with Gasteiger partial charge in [-0.05, 0) is 19.2 Å². The summed E-state index contributed by atoms with van der Waals surface area (Å²) < 4.78 is 0. The van der Waals surface area contributed by atoms with Crippen LogP contribution in [0, 0.1) is 0 Å². The fourth-order valence-electron chi connectivity index (χ4n) is 1.72. The van der Waals surface area contributed by atoms with Crippen molar-refractivity contribution in [3.05, 3.63) is 18.1 Å². The predicted molar refractivity (Wildman–Crippen MR) is 61.9 cm³/mol. The first-order valence-electron chi connectivity index (χ1n) is 5.18. The van der Waals surface area contributed by atoms with Gasteiger partial charge >= 0.3 is 0 Å². The van der Waals surface area contributed by atoms with E-state index in [1.54, 1.807) is 24.2 Å². The number of hydrogen-bond donors (Lipinski definition) is 2. The maximum Gasteiger partial charge on any atom is 0.119 e. The third-order valence-electron chi connectivity index (χ3n) is 2.55. The molecule has 1 fully saturated rings. The molecule has 1 saturated heterocycles. The fourth-order valence-corrected chi connectivity index (χ4v) is 2.24. The summed E-state index contributed by atoms with van der Waals surface area (Å²) in [4.78, 5) is 8.63. The minimum absolute atomic E-state index is 0.585. The van der Waals surface area contributed by atoms with E-state index in [-0.39, 0.29) is 0 Å². The van der Waals surface area contributed by atoms with Gasteiger partial charge in [0.25, 0.3) is 0 Å². The Labute approximate surface area is 94.3 Å². The molecule has 4 nitrogen and oxygen atoms in total. The van der Waals surface area contributed by atoms with Crippen LogP contribution >= 0.6 is 11.8 Å². The summed E-state index contributed by atoms with van der Waals surface area (Å²) >= 11 is 1.65. The maximum absolute atomic E-state index is 4.34. The Bertz CT molecular complexity index is 312. The lowest BCUT2D eigenvalue weighted by Gasteiger charge is -2.11. The van der Waals surface area contributed by atoms with Crippen molar-refractivity contribution in [3.8, 4) is 0 Å². The Morgan fingerprint density at radius 3 is 3.13 bits per heavy atom. The molecule has 0 spiro atoms. The van der Waals surface area contributed by atoms with Gasteiger partial charge in [0.2, 0.25) is 0 Å². The highest BCUT2D eigenvalue weighted by atomic mass is 32.2. The van der Waals surface area contributed by atoms with Gasteiger partial charge in [-0.3, -0.25) is 4.98 Å². The second kappa shape index (κ2) is 5.44. The highest BCUT2D eigenvalue weighted by Gasteiger charge is 2.14. The number of nitrogens with zero attached hydrogens (tertiary/aromatic N) is 2. The molecule has 1 aromatic heterocycles. The van der Waals surface area contributed by atoms with Crippen molar-refractivity contribution in [2.75, 3.05) is 19.3 Å². The van der Waals surface area contributed by atoms with E-state index in [1.807, 2.05) is 6.26 Å². The monoisotopic (exact) mass is 224 g/mol. The van der Waals surface area contributed by atoms with Crippen molar-refractivity contribution in [3.63, 3.8) is 0 Å². The van der Waals surface area contributed by atoms with E-state index >= 15 is 0 Å². The highest BCUT2D eigenvalue weighted by molar-refractivity contribution is 7.98. The molecule has 1 atom stereocenters. The average molecular weight is 224 g/mol. The molecule has 0 aliphatic carbocycles. The van der Waals surface area contributed by atoms with Crippen molar-refractivity contribution < 1.29 is 0 Å². The van der Waals surface area contributed by atoms with Crippen LogP contribution in [0.5, 0.6) is 0 Å². The SMILES string of the molecule is CSc1nccnc1CN[C@H]1CCNC1. The van der Waals surface area contributed by atoms with E-state index in [9.17, 15) is 0 Å². The second-order valence-corrected chi connectivity index (χ2v) is 4.38. The third-order valence-corrected chi connectivity index (χ3v) is 3.28. The second-order valence-electron chi connectivity index (χ2n) is 3.58. The third kappa shape index (κ3) is 2.90. The van der Waals surface area contributed by atoms with E-state index in [1.165, 1.54) is 6.42 Å². The van der Waals surface area contributed by atoms with Crippen LogP contribution in [-0.4, -0.2) is 35.4 Å². The van der Waals surface area contributed by atoms with Gasteiger partial charge in [-0.25, -0.2) is 4.98 Å². The van der Waals surface area contributed by atoms with Gasteiger partial charge in [0.15, 0.2) is 0 Å². The molecule has 0 unspecified atom stereocenters. The van der Waals surface area contributed by atoms with Crippen LogP contribution in [0.2, 0.25) is 0 Å². The first-order valence-corrected chi connectivity index (χ1v) is 6.40. The topological polar surface area (TPSA) is 49.8 Å². The van der Waals surface area contributed by atoms with Crippen LogP contribution in [0.15, 0.2) is 17.4 Å². The molecule has 82 valence electrons. The fraction of sp³-hybridized carbons (Fsp3) is 0.600. The Hall–Kier alpha value is -0.650. The van der Waals surface area contributed by atoms with Gasteiger partial charge < -0.3 is 10.6 Å². The van der Waals surface area contributed by atoms with Crippen LogP contribution < -0.4 is 10.6 Å². The van der Waals surface area contributed by atoms with Crippen molar-refractivity contribution in [2.45, 2.75) is 24.0 Å². The van der Waals surface area contributed by atoms with Gasteiger partial charge in [0, 0.05) is 31.5 Å². The summed E-state index contributed by atoms with van der Waals surface area (Å²) in [6.45, 7) is 3.00. The number of hydrogen-bond acceptors (Lipinski definition) is 5. The molecular weight excluding hydrogens is 208 g/mol. The van der Waals surface area contributed by atoms with Crippen LogP contribution in [-0.2, 0) is 6.54 Å². The zero-order valence-corrected chi connectivity index (χ0v) is 9.68. The van der Waals surface area contributed by atoms with Gasteiger partial charge in [0.05, 0.1) is 5.69 Å². The molecule has 1 aliphatic rings. The smallest absolute Gasteiger partial charge is 0.119 e. The van der Waals surface area contributed by atoms with E-state index in [4.69, 9.17) is 0 Å². The minimum atomic E-state index is 0.585. The predicted octanol–water partition coefficient (Wildman–Crippen LogP) is 0.650. The molecule has 2 rings (SSSR count). The van der Waals surface area contributed by atoms with Gasteiger partial charge in [-0.1, -0.05) is 0 Å². The Balaban J connectivity index is 1.91. The molecule has 0 aromatic carbocycles. The number of thioether (sulfide) groups is 1. The number of aromatic nitrogens is 2. The molecule has 0 amide bonds. The number of rotatable bonds is 4. The van der Waals surface area contributed by atoms with Crippen LogP contribution in [0.1, 0.15) is 12.1 Å². The standard InChI is InChI=1S/C10H16N4S/c1-15-10-9(12-4-5-13-10)7-14-8-2-3-11-6-8/h4-5,8,11,14H,2-3,6-7H2,1H3/t8-/m0/s1. The summed E-state index contributed by atoms with van der Waals surface area (Å²) in [5, 5.41) is 7.85. The molecule has 15 heavy (non-hydrogen) atoms. The molecule has 5 heteroatoms. The van der Waals surface area contributed by atoms with Gasteiger partial charge in [-0.2, -0.15) is 0 Å². The zero-order valence-electron chi connectivity index (χ0n) is 8.86. The molecule has 1 aliphatic heterocycles. The maximum atomic E-state index is 4.34. The van der Waals surface area contributed by atoms with Gasteiger partial charge in [-0.15, -0.1) is 11.8 Å². The van der Waals surface area contributed by atoms with Crippen molar-refractivity contribution in [2.24, 2.45) is 0 Å². The molecule has 0 radical (unpaired) electrons. The summed E-state index contributed by atoms with van der Waals surface area (Å²) in [5.74, 6) is 0. The molecule has 2 N–H and O–H groups in total.